The molecule has 6 nitrogen and oxygen atoms in total. The van der Waals surface area contributed by atoms with E-state index in [1.165, 1.54) is 0 Å². The highest BCUT2D eigenvalue weighted by Gasteiger charge is 2.40. The number of piperazine rings is 1. The zero-order valence-electron chi connectivity index (χ0n) is 24.4. The summed E-state index contributed by atoms with van der Waals surface area (Å²) in [5.41, 5.74) is -0.278. The Balaban J connectivity index is 1.24. The Morgan fingerprint density at radius 3 is 2.09 bits per heavy atom. The highest BCUT2D eigenvalue weighted by molar-refractivity contribution is 5.82. The van der Waals surface area contributed by atoms with Crippen molar-refractivity contribution in [1.29, 1.82) is 5.26 Å². The molecule has 3 aromatic carbocycles. The second kappa shape index (κ2) is 13.5. The molecule has 2 aliphatic rings. The van der Waals surface area contributed by atoms with Crippen molar-refractivity contribution in [2.24, 2.45) is 0 Å². The van der Waals surface area contributed by atoms with Crippen molar-refractivity contribution in [3.05, 3.63) is 101 Å². The summed E-state index contributed by atoms with van der Waals surface area (Å²) in [5, 5.41) is 12.8. The number of alkyl halides is 6. The average Bonchev–Trinajstić information content (AvgIpc) is 3.42. The number of para-hydroxylation sites is 1. The van der Waals surface area contributed by atoms with E-state index in [1.54, 1.807) is 6.07 Å². The van der Waals surface area contributed by atoms with Gasteiger partial charge in [0.2, 0.25) is 5.91 Å². The van der Waals surface area contributed by atoms with Crippen LogP contribution in [0.15, 0.2) is 72.8 Å². The Bertz CT molecular complexity index is 1480. The van der Waals surface area contributed by atoms with Crippen molar-refractivity contribution in [2.45, 2.75) is 43.8 Å². The van der Waals surface area contributed by atoms with Crippen molar-refractivity contribution in [3.63, 3.8) is 0 Å². The van der Waals surface area contributed by atoms with E-state index >= 15 is 0 Å². The first-order valence-electron chi connectivity index (χ1n) is 14.7. The Kier molecular flexibility index (Phi) is 9.70. The van der Waals surface area contributed by atoms with Gasteiger partial charge in [-0.05, 0) is 60.8 Å². The zero-order chi connectivity index (χ0) is 32.2. The van der Waals surface area contributed by atoms with Crippen LogP contribution in [0.2, 0.25) is 0 Å². The van der Waals surface area contributed by atoms with Crippen molar-refractivity contribution in [3.8, 4) is 6.07 Å². The van der Waals surface area contributed by atoms with Gasteiger partial charge in [-0.15, -0.1) is 0 Å². The predicted octanol–water partition coefficient (Wildman–Crippen LogP) is 5.72. The smallest absolute Gasteiger partial charge is 0.367 e. The second-order valence-corrected chi connectivity index (χ2v) is 11.4. The molecule has 0 aromatic heterocycles. The van der Waals surface area contributed by atoms with Crippen LogP contribution in [0.3, 0.4) is 0 Å². The van der Waals surface area contributed by atoms with Crippen LogP contribution in [0.5, 0.6) is 0 Å². The minimum Gasteiger partial charge on any atom is -0.367 e. The van der Waals surface area contributed by atoms with E-state index in [0.717, 1.165) is 23.4 Å². The van der Waals surface area contributed by atoms with Gasteiger partial charge in [0.15, 0.2) is 0 Å². The maximum absolute atomic E-state index is 13.8. The van der Waals surface area contributed by atoms with Gasteiger partial charge in [0.1, 0.15) is 6.07 Å². The molecule has 0 bridgehead atoms. The minimum absolute atomic E-state index is 0.0175. The van der Waals surface area contributed by atoms with Crippen molar-refractivity contribution >= 4 is 11.6 Å². The molecule has 45 heavy (non-hydrogen) atoms. The van der Waals surface area contributed by atoms with Gasteiger partial charge < -0.3 is 15.1 Å². The summed E-state index contributed by atoms with van der Waals surface area (Å²) < 4.78 is 79.8. The molecular weight excluding hydrogens is 596 g/mol. The molecule has 2 saturated heterocycles. The fraction of sp³-hybridized carbons (Fsp3) is 0.394. The van der Waals surface area contributed by atoms with E-state index in [2.05, 4.69) is 21.2 Å². The molecule has 2 heterocycles. The lowest BCUT2D eigenvalue weighted by molar-refractivity contribution is -0.143. The van der Waals surface area contributed by atoms with Crippen molar-refractivity contribution < 1.29 is 31.1 Å². The minimum atomic E-state index is -4.90. The number of benzene rings is 3. The van der Waals surface area contributed by atoms with Crippen molar-refractivity contribution in [2.75, 3.05) is 44.2 Å². The molecule has 0 unspecified atom stereocenters. The maximum Gasteiger partial charge on any atom is 0.416 e. The fourth-order valence-electron chi connectivity index (χ4n) is 6.11. The lowest BCUT2D eigenvalue weighted by atomic mass is 10.0. The number of likely N-dealkylation sites (tertiary alicyclic amines) is 1. The molecule has 0 aliphatic carbocycles. The first-order chi connectivity index (χ1) is 21.4. The van der Waals surface area contributed by atoms with Gasteiger partial charge in [-0.1, -0.05) is 42.5 Å². The number of amides is 1. The maximum atomic E-state index is 13.8. The van der Waals surface area contributed by atoms with Crippen LogP contribution in [0.1, 0.15) is 34.2 Å². The largest absolute Gasteiger partial charge is 0.416 e. The molecule has 12 heteroatoms. The van der Waals surface area contributed by atoms with Crippen LogP contribution in [-0.4, -0.2) is 67.1 Å². The number of carbonyl (C=O) groups is 1. The van der Waals surface area contributed by atoms with Gasteiger partial charge in [0.25, 0.3) is 0 Å². The lowest BCUT2D eigenvalue weighted by Gasteiger charge is -2.38. The quantitative estimate of drug-likeness (QED) is 0.323. The Hall–Kier alpha value is -4.08. The van der Waals surface area contributed by atoms with Crippen LogP contribution < -0.4 is 10.2 Å². The molecule has 0 radical (unpaired) electrons. The third-order valence-electron chi connectivity index (χ3n) is 8.37. The Labute approximate surface area is 257 Å². The third kappa shape index (κ3) is 7.96. The zero-order valence-corrected chi connectivity index (χ0v) is 24.4. The van der Waals surface area contributed by atoms with Crippen LogP contribution in [0, 0.1) is 11.3 Å². The van der Waals surface area contributed by atoms with E-state index < -0.39 is 29.5 Å². The lowest BCUT2D eigenvalue weighted by Crippen LogP contribution is -2.53. The highest BCUT2D eigenvalue weighted by Crippen LogP contribution is 2.36. The molecule has 3 aromatic rings. The van der Waals surface area contributed by atoms with Gasteiger partial charge in [-0.3, -0.25) is 9.69 Å². The number of carbonyl (C=O) groups excluding carboxylic acids is 1. The van der Waals surface area contributed by atoms with Gasteiger partial charge in [0, 0.05) is 45.3 Å². The van der Waals surface area contributed by atoms with E-state index in [9.17, 15) is 36.4 Å². The molecule has 238 valence electrons. The normalized spacial score (nSPS) is 19.5. The Morgan fingerprint density at radius 2 is 1.47 bits per heavy atom. The summed E-state index contributed by atoms with van der Waals surface area (Å²) in [7, 11) is 0. The second-order valence-electron chi connectivity index (χ2n) is 11.4. The van der Waals surface area contributed by atoms with Gasteiger partial charge in [-0.25, -0.2) is 0 Å². The standard InChI is InChI=1S/C33H33F6N5O/c34-32(35,36)26-16-24(17-27(18-26)33(37,38)39)10-11-41-28-19-30(44(22-28)21-23-6-2-1-3-7-23)31(45)43-14-12-42(13-15-43)29-9-5-4-8-25(29)20-40/h1-9,16-18,28,30,41H,10-15,19,21-22H2/t28-,30-/m0/s1. The molecule has 2 aliphatic heterocycles. The molecule has 0 spiro atoms. The summed E-state index contributed by atoms with van der Waals surface area (Å²) in [6.45, 7) is 3.31. The van der Waals surface area contributed by atoms with E-state index in [-0.39, 0.29) is 36.5 Å². The van der Waals surface area contributed by atoms with Crippen molar-refractivity contribution in [1.82, 2.24) is 15.1 Å². The first-order valence-corrected chi connectivity index (χ1v) is 14.7. The summed E-state index contributed by atoms with van der Waals surface area (Å²) in [6, 6.07) is 20.3. The number of nitrogens with zero attached hydrogens (tertiary/aromatic N) is 4. The monoisotopic (exact) mass is 629 g/mol. The number of anilines is 1. The van der Waals surface area contributed by atoms with E-state index in [0.29, 0.717) is 51.3 Å². The van der Waals surface area contributed by atoms with Gasteiger partial charge in [-0.2, -0.15) is 31.6 Å². The molecule has 0 saturated carbocycles. The molecular formula is C33H33F6N5O. The summed E-state index contributed by atoms with van der Waals surface area (Å²) in [4.78, 5) is 19.9. The van der Waals surface area contributed by atoms with Crippen LogP contribution in [-0.2, 0) is 30.1 Å². The third-order valence-corrected chi connectivity index (χ3v) is 8.37. The highest BCUT2D eigenvalue weighted by atomic mass is 19.4. The molecule has 2 fully saturated rings. The van der Waals surface area contributed by atoms with Gasteiger partial charge >= 0.3 is 12.4 Å². The van der Waals surface area contributed by atoms with Crippen LogP contribution in [0.25, 0.3) is 0 Å². The van der Waals surface area contributed by atoms with E-state index in [4.69, 9.17) is 0 Å². The molecule has 5 rings (SSSR count). The number of hydrogen-bond donors (Lipinski definition) is 1. The van der Waals surface area contributed by atoms with Gasteiger partial charge in [0.05, 0.1) is 28.4 Å². The number of nitriles is 1. The molecule has 2 atom stereocenters. The average molecular weight is 630 g/mol. The molecule has 1 amide bonds. The topological polar surface area (TPSA) is 62.6 Å². The van der Waals surface area contributed by atoms with Crippen LogP contribution in [0.4, 0.5) is 32.0 Å². The van der Waals surface area contributed by atoms with E-state index in [1.807, 2.05) is 53.4 Å². The Morgan fingerprint density at radius 1 is 0.844 bits per heavy atom. The number of halogens is 6. The fourth-order valence-corrected chi connectivity index (χ4v) is 6.11. The number of rotatable bonds is 8. The summed E-state index contributed by atoms with van der Waals surface area (Å²) >= 11 is 0. The number of hydrogen-bond acceptors (Lipinski definition) is 5. The predicted molar refractivity (Wildman–Crippen MR) is 157 cm³/mol. The number of nitrogens with one attached hydrogen (secondary N) is 1. The summed E-state index contributed by atoms with van der Waals surface area (Å²) in [6.07, 6.45) is -9.37. The SMILES string of the molecule is N#Cc1ccccc1N1CCN(C(=O)[C@@H]2C[C@H](NCCc3cc(C(F)(F)F)cc(C(F)(F)F)c3)CN2Cc2ccccc2)CC1. The first kappa shape index (κ1) is 32.3. The summed E-state index contributed by atoms with van der Waals surface area (Å²) in [5.74, 6) is -0.0175. The molecule has 1 N–H and O–H groups in total. The van der Waals surface area contributed by atoms with Crippen LogP contribution >= 0.6 is 0 Å².